The maximum absolute atomic E-state index is 14.1. The van der Waals surface area contributed by atoms with E-state index in [1.165, 1.54) is 41.3 Å². The molecule has 0 unspecified atom stereocenters. The number of aromatic carboxylic acids is 1. The largest absolute Gasteiger partial charge is 0.490 e. The Labute approximate surface area is 293 Å². The standard InChI is InChI=1S/C35H33IN2O9S/c1-5-44-26-13-12-23(17-27(26)45-6-2)30-24(34(42)43-4)18-37-35-38(30)32(39)29(48-35)16-21-14-25(36)31(28(15-21)46-7-3)47-19-20-8-10-22(11-9-20)33(40)41/h8-18,30H,5-7,19H2,1-4H3,(H,40,41)/b29-16-/t30-/m1/s1. The van der Waals surface area contributed by atoms with Gasteiger partial charge in [-0.1, -0.05) is 29.5 Å². The van der Waals surface area contributed by atoms with E-state index in [0.717, 1.165) is 9.13 Å². The third-order valence-corrected chi connectivity index (χ3v) is 9.02. The van der Waals surface area contributed by atoms with Gasteiger partial charge in [-0.05, 0) is 103 Å². The number of ether oxygens (including phenoxy) is 5. The highest BCUT2D eigenvalue weighted by molar-refractivity contribution is 14.1. The summed E-state index contributed by atoms with van der Waals surface area (Å²) in [5.41, 5.74) is 2.20. The van der Waals surface area contributed by atoms with E-state index in [2.05, 4.69) is 27.6 Å². The molecule has 4 aromatic rings. The Hall–Kier alpha value is -4.63. The van der Waals surface area contributed by atoms with Crippen LogP contribution in [0, 0.1) is 3.57 Å². The summed E-state index contributed by atoms with van der Waals surface area (Å²) < 4.78 is 31.3. The van der Waals surface area contributed by atoms with Crippen LogP contribution in [-0.4, -0.2) is 48.5 Å². The first-order valence-electron chi connectivity index (χ1n) is 15.1. The number of rotatable bonds is 13. The Kier molecular flexibility index (Phi) is 11.2. The van der Waals surface area contributed by atoms with Crippen molar-refractivity contribution in [1.82, 2.24) is 4.57 Å². The number of carbonyl (C=O) groups is 2. The number of hydrogen-bond donors (Lipinski definition) is 1. The zero-order valence-corrected chi connectivity index (χ0v) is 29.6. The lowest BCUT2D eigenvalue weighted by Crippen LogP contribution is -2.39. The summed E-state index contributed by atoms with van der Waals surface area (Å²) in [6.45, 7) is 7.04. The highest BCUT2D eigenvalue weighted by atomic mass is 127. The van der Waals surface area contributed by atoms with Crippen LogP contribution in [-0.2, 0) is 16.1 Å². The van der Waals surface area contributed by atoms with Crippen molar-refractivity contribution < 1.29 is 38.4 Å². The number of thiazole rings is 1. The van der Waals surface area contributed by atoms with Gasteiger partial charge >= 0.3 is 11.9 Å². The fourth-order valence-electron chi connectivity index (χ4n) is 5.11. The number of carboxylic acid groups (broad SMARTS) is 1. The highest BCUT2D eigenvalue weighted by Crippen LogP contribution is 2.36. The maximum atomic E-state index is 14.1. The van der Waals surface area contributed by atoms with E-state index in [4.69, 9.17) is 28.8 Å². The van der Waals surface area contributed by atoms with Crippen LogP contribution >= 0.6 is 33.9 Å². The molecular weight excluding hydrogens is 751 g/mol. The van der Waals surface area contributed by atoms with Crippen LogP contribution in [0.1, 0.15) is 53.9 Å². The quantitative estimate of drug-likeness (QED) is 0.145. The molecule has 5 rings (SSSR count). The minimum atomic E-state index is -0.995. The lowest BCUT2D eigenvalue weighted by atomic mass is 9.97. The number of hydrogen-bond acceptors (Lipinski definition) is 10. The first kappa shape index (κ1) is 34.7. The molecule has 0 spiro atoms. The zero-order valence-electron chi connectivity index (χ0n) is 26.7. The molecule has 0 amide bonds. The van der Waals surface area contributed by atoms with Crippen molar-refractivity contribution in [2.45, 2.75) is 33.4 Å². The van der Waals surface area contributed by atoms with Gasteiger partial charge in [0.05, 0.1) is 52.2 Å². The van der Waals surface area contributed by atoms with Crippen LogP contribution in [0.4, 0.5) is 0 Å². The third-order valence-electron chi connectivity index (χ3n) is 7.22. The van der Waals surface area contributed by atoms with Crippen molar-refractivity contribution in [3.8, 4) is 23.0 Å². The SMILES string of the molecule is CCOc1ccc([C@@H]2C(C(=O)OC)=CN=c3s/c(=C\c4cc(I)c(OCc5ccc(C(=O)O)cc5)c(OCC)c4)c(=O)n32)cc1OCC. The van der Waals surface area contributed by atoms with Gasteiger partial charge in [0.1, 0.15) is 6.61 Å². The smallest absolute Gasteiger partial charge is 0.337 e. The zero-order chi connectivity index (χ0) is 34.4. The summed E-state index contributed by atoms with van der Waals surface area (Å²) in [5, 5.41) is 9.17. The lowest BCUT2D eigenvalue weighted by molar-refractivity contribution is -0.136. The molecule has 1 aromatic heterocycles. The molecule has 2 heterocycles. The van der Waals surface area contributed by atoms with Crippen molar-refractivity contribution in [1.29, 1.82) is 0 Å². The predicted octanol–water partition coefficient (Wildman–Crippen LogP) is 5.10. The van der Waals surface area contributed by atoms with E-state index in [1.54, 1.807) is 42.5 Å². The fourth-order valence-corrected chi connectivity index (χ4v) is 6.86. The van der Waals surface area contributed by atoms with Crippen molar-refractivity contribution >= 4 is 51.9 Å². The van der Waals surface area contributed by atoms with Gasteiger partial charge in [-0.25, -0.2) is 14.6 Å². The molecule has 250 valence electrons. The van der Waals surface area contributed by atoms with Crippen LogP contribution < -0.4 is 33.8 Å². The van der Waals surface area contributed by atoms with Gasteiger partial charge in [-0.3, -0.25) is 9.36 Å². The van der Waals surface area contributed by atoms with Gasteiger partial charge in [-0.2, -0.15) is 0 Å². The Morgan fingerprint density at radius 2 is 1.62 bits per heavy atom. The van der Waals surface area contributed by atoms with Crippen molar-refractivity contribution in [3.05, 3.63) is 112 Å². The number of halogens is 1. The van der Waals surface area contributed by atoms with E-state index in [-0.39, 0.29) is 23.3 Å². The lowest BCUT2D eigenvalue weighted by Gasteiger charge is -2.23. The van der Waals surface area contributed by atoms with E-state index in [1.807, 2.05) is 26.8 Å². The van der Waals surface area contributed by atoms with Crippen LogP contribution in [0.3, 0.4) is 0 Å². The van der Waals surface area contributed by atoms with E-state index in [9.17, 15) is 14.4 Å². The summed E-state index contributed by atoms with van der Waals surface area (Å²) >= 11 is 3.36. The normalized spacial score (nSPS) is 14.0. The summed E-state index contributed by atoms with van der Waals surface area (Å²) in [7, 11) is 1.29. The van der Waals surface area contributed by atoms with Gasteiger partial charge in [0.2, 0.25) is 0 Å². The summed E-state index contributed by atoms with van der Waals surface area (Å²) in [6, 6.07) is 14.7. The van der Waals surface area contributed by atoms with Crippen LogP contribution in [0.2, 0.25) is 0 Å². The van der Waals surface area contributed by atoms with Crippen LogP contribution in [0.25, 0.3) is 6.08 Å². The molecule has 1 aliphatic rings. The fraction of sp³-hybridized carbons (Fsp3) is 0.257. The molecule has 1 N–H and O–H groups in total. The molecule has 0 saturated carbocycles. The number of benzene rings is 3. The first-order valence-corrected chi connectivity index (χ1v) is 17.0. The first-order chi connectivity index (χ1) is 23.2. The second-order valence-electron chi connectivity index (χ2n) is 10.3. The number of esters is 1. The third kappa shape index (κ3) is 7.41. The van der Waals surface area contributed by atoms with Crippen molar-refractivity contribution in [2.75, 3.05) is 26.9 Å². The summed E-state index contributed by atoms with van der Waals surface area (Å²) in [5.74, 6) is 0.482. The molecule has 11 nitrogen and oxygen atoms in total. The average Bonchev–Trinajstić information content (AvgIpc) is 3.39. The second kappa shape index (κ2) is 15.5. The van der Waals surface area contributed by atoms with Crippen molar-refractivity contribution in [3.63, 3.8) is 0 Å². The van der Waals surface area contributed by atoms with Gasteiger partial charge in [-0.15, -0.1) is 0 Å². The van der Waals surface area contributed by atoms with Gasteiger partial charge in [0.25, 0.3) is 5.56 Å². The van der Waals surface area contributed by atoms with E-state index in [0.29, 0.717) is 63.3 Å². The van der Waals surface area contributed by atoms with Gasteiger partial charge in [0.15, 0.2) is 27.8 Å². The second-order valence-corrected chi connectivity index (χ2v) is 12.5. The molecule has 1 atom stereocenters. The monoisotopic (exact) mass is 784 g/mol. The summed E-state index contributed by atoms with van der Waals surface area (Å²) in [4.78, 5) is 43.1. The summed E-state index contributed by atoms with van der Waals surface area (Å²) in [6.07, 6.45) is 3.20. The Balaban J connectivity index is 1.54. The van der Waals surface area contributed by atoms with Crippen LogP contribution in [0.15, 0.2) is 76.2 Å². The Bertz CT molecular complexity index is 2050. The van der Waals surface area contributed by atoms with E-state index >= 15 is 0 Å². The topological polar surface area (TPSA) is 135 Å². The molecule has 0 bridgehead atoms. The Morgan fingerprint density at radius 1 is 0.938 bits per heavy atom. The molecule has 0 radical (unpaired) electrons. The van der Waals surface area contributed by atoms with Gasteiger partial charge in [0, 0.05) is 6.20 Å². The minimum Gasteiger partial charge on any atom is -0.490 e. The Morgan fingerprint density at radius 3 is 2.29 bits per heavy atom. The molecule has 1 aliphatic heterocycles. The molecule has 13 heteroatoms. The molecular formula is C35H33IN2O9S. The van der Waals surface area contributed by atoms with Gasteiger partial charge < -0.3 is 28.8 Å². The minimum absolute atomic E-state index is 0.195. The molecule has 48 heavy (non-hydrogen) atoms. The highest BCUT2D eigenvalue weighted by Gasteiger charge is 2.31. The average molecular weight is 785 g/mol. The molecule has 3 aromatic carbocycles. The predicted molar refractivity (Wildman–Crippen MR) is 188 cm³/mol. The molecule has 0 aliphatic carbocycles. The number of carbonyl (C=O) groups excluding carboxylic acids is 1. The maximum Gasteiger partial charge on any atom is 0.337 e. The van der Waals surface area contributed by atoms with E-state index < -0.39 is 18.0 Å². The van der Waals surface area contributed by atoms with Crippen LogP contribution in [0.5, 0.6) is 23.0 Å². The number of nitrogens with zero attached hydrogens (tertiary/aromatic N) is 2. The molecule has 0 fully saturated rings. The number of fused-ring (bicyclic) bond motifs is 1. The number of methoxy groups -OCH3 is 1. The number of carboxylic acids is 1. The molecule has 0 saturated heterocycles. The number of aromatic nitrogens is 1. The van der Waals surface area contributed by atoms with Crippen molar-refractivity contribution in [2.24, 2.45) is 4.99 Å².